The smallest absolute Gasteiger partial charge is 0.251 e. The molecule has 37 heavy (non-hydrogen) atoms. The van der Waals surface area contributed by atoms with Gasteiger partial charge in [-0.2, -0.15) is 16.9 Å². The Hall–Kier alpha value is -3.28. The van der Waals surface area contributed by atoms with Gasteiger partial charge in [0.25, 0.3) is 5.91 Å². The van der Waals surface area contributed by atoms with Crippen LogP contribution in [0.4, 0.5) is 11.6 Å². The van der Waals surface area contributed by atoms with E-state index in [2.05, 4.69) is 42.6 Å². The van der Waals surface area contributed by atoms with Crippen molar-refractivity contribution in [3.05, 3.63) is 60.4 Å². The molecular weight excluding hydrogens is 506 g/mol. The second-order valence-corrected chi connectivity index (χ2v) is 11.0. The van der Waals surface area contributed by atoms with Gasteiger partial charge in [-0.15, -0.1) is 11.3 Å². The van der Waals surface area contributed by atoms with Crippen molar-refractivity contribution in [3.8, 4) is 22.0 Å². The monoisotopic (exact) mass is 535 g/mol. The molecule has 2 aliphatic rings. The third-order valence-electron chi connectivity index (χ3n) is 6.27. The summed E-state index contributed by atoms with van der Waals surface area (Å²) in [5.41, 5.74) is 3.79. The molecule has 1 aromatic carbocycles. The highest BCUT2D eigenvalue weighted by Gasteiger charge is 2.26. The number of likely N-dealkylation sites (N-methyl/N-ethyl adjacent to an activating group) is 1. The predicted octanol–water partition coefficient (Wildman–Crippen LogP) is 4.48. The number of anilines is 2. The molecule has 0 radical (unpaired) electrons. The van der Waals surface area contributed by atoms with E-state index in [-0.39, 0.29) is 5.91 Å². The highest BCUT2D eigenvalue weighted by Crippen LogP contribution is 2.29. The number of carbonyl (C=O) groups is 1. The first-order chi connectivity index (χ1) is 18.1. The van der Waals surface area contributed by atoms with Crippen LogP contribution in [-0.4, -0.2) is 71.8 Å². The van der Waals surface area contributed by atoms with E-state index in [0.717, 1.165) is 27.6 Å². The number of aliphatic hydroxyl groups is 1. The van der Waals surface area contributed by atoms with Gasteiger partial charge >= 0.3 is 0 Å². The van der Waals surface area contributed by atoms with Gasteiger partial charge in [-0.25, -0.2) is 15.0 Å². The molecule has 1 amide bonds. The number of thiazole rings is 1. The molecule has 9 nitrogen and oxygen atoms in total. The van der Waals surface area contributed by atoms with E-state index in [1.54, 1.807) is 24.6 Å². The third kappa shape index (κ3) is 6.35. The molecule has 2 aliphatic heterocycles. The molecule has 0 spiro atoms. The zero-order valence-corrected chi connectivity index (χ0v) is 22.2. The number of hydrogen-bond donors (Lipinski definition) is 2. The van der Waals surface area contributed by atoms with E-state index < -0.39 is 6.10 Å². The number of aliphatic hydroxyl groups excluding tert-OH is 1. The molecule has 4 aromatic rings. The van der Waals surface area contributed by atoms with Crippen molar-refractivity contribution in [2.24, 2.45) is 0 Å². The first kappa shape index (κ1) is 25.4. The maximum absolute atomic E-state index is 10.6. The van der Waals surface area contributed by atoms with E-state index in [0.29, 0.717) is 25.0 Å². The van der Waals surface area contributed by atoms with E-state index in [9.17, 15) is 4.79 Å². The van der Waals surface area contributed by atoms with Crippen molar-refractivity contribution in [1.29, 1.82) is 0 Å². The average molecular weight is 536 g/mol. The van der Waals surface area contributed by atoms with Crippen LogP contribution in [0.3, 0.4) is 0 Å². The van der Waals surface area contributed by atoms with Crippen molar-refractivity contribution < 1.29 is 9.90 Å². The fraction of sp³-hybridized carbons (Fsp3) is 0.346. The number of thioether (sulfide) groups is 1. The molecule has 192 valence electrons. The molecule has 3 aromatic heterocycles. The van der Waals surface area contributed by atoms with Crippen molar-refractivity contribution in [2.75, 3.05) is 30.4 Å². The lowest BCUT2D eigenvalue weighted by Crippen LogP contribution is -2.24. The summed E-state index contributed by atoms with van der Waals surface area (Å²) >= 11 is 3.61. The van der Waals surface area contributed by atoms with Crippen LogP contribution in [0.1, 0.15) is 25.3 Å². The van der Waals surface area contributed by atoms with Gasteiger partial charge in [-0.3, -0.25) is 9.48 Å². The molecule has 2 saturated heterocycles. The lowest BCUT2D eigenvalue weighted by Gasteiger charge is -2.21. The Morgan fingerprint density at radius 2 is 1.86 bits per heavy atom. The van der Waals surface area contributed by atoms with Crippen molar-refractivity contribution >= 4 is 40.6 Å². The maximum atomic E-state index is 10.6. The summed E-state index contributed by atoms with van der Waals surface area (Å²) in [6.07, 6.45) is 7.87. The number of likely N-dealkylation sites (tertiary alicyclic amines) is 1. The Kier molecular flexibility index (Phi) is 8.12. The molecule has 2 N–H and O–H groups in total. The summed E-state index contributed by atoms with van der Waals surface area (Å²) in [7, 11) is 1.69. The van der Waals surface area contributed by atoms with Gasteiger partial charge in [0.05, 0.1) is 23.6 Å². The molecule has 0 bridgehead atoms. The van der Waals surface area contributed by atoms with Crippen LogP contribution in [0.15, 0.2) is 60.4 Å². The van der Waals surface area contributed by atoms with E-state index in [1.807, 2.05) is 48.4 Å². The quantitative estimate of drug-likeness (QED) is 0.385. The van der Waals surface area contributed by atoms with E-state index in [4.69, 9.17) is 10.1 Å². The van der Waals surface area contributed by atoms with Crippen LogP contribution in [0.5, 0.6) is 0 Å². The van der Waals surface area contributed by atoms with Gasteiger partial charge in [-0.05, 0) is 36.8 Å². The number of hydrogen-bond acceptors (Lipinski definition) is 9. The SMILES string of the molecule is CN1CCC(O)C1=O.c1ccc(-c2csc(-c3ccnc(Nc4cnn(C5CCSCC5)c4)n3)n2)cc1. The van der Waals surface area contributed by atoms with Crippen LogP contribution < -0.4 is 5.32 Å². The van der Waals surface area contributed by atoms with Gasteiger partial charge in [-0.1, -0.05) is 30.3 Å². The summed E-state index contributed by atoms with van der Waals surface area (Å²) < 4.78 is 2.07. The molecular formula is C26H29N7O2S2. The highest BCUT2D eigenvalue weighted by atomic mass is 32.2. The minimum Gasteiger partial charge on any atom is -0.383 e. The fourth-order valence-electron chi connectivity index (χ4n) is 4.16. The molecule has 1 unspecified atom stereocenters. The summed E-state index contributed by atoms with van der Waals surface area (Å²) in [4.78, 5) is 25.9. The second kappa shape index (κ2) is 11.8. The fourth-order valence-corrected chi connectivity index (χ4v) is 6.04. The minimum absolute atomic E-state index is 0.148. The number of aromatic nitrogens is 5. The molecule has 11 heteroatoms. The first-order valence-electron chi connectivity index (χ1n) is 12.2. The number of rotatable bonds is 5. The van der Waals surface area contributed by atoms with Crippen molar-refractivity contribution in [1.82, 2.24) is 29.6 Å². The Balaban J connectivity index is 0.000000301. The summed E-state index contributed by atoms with van der Waals surface area (Å²) in [5, 5.41) is 19.5. The normalized spacial score (nSPS) is 17.9. The standard InChI is InChI=1S/C21H20N6S2.C5H9NO2/c1-2-4-15(5-3-1)19-14-29-20(25-19)18-6-9-22-21(26-18)24-16-12-23-27(13-16)17-7-10-28-11-8-17;1-6-3-2-4(7)5(6)8/h1-6,9,12-14,17H,7-8,10-11H2,(H,22,24,26);4,7H,2-3H2,1H3. The van der Waals surface area contributed by atoms with Crippen LogP contribution in [-0.2, 0) is 4.79 Å². The zero-order chi connectivity index (χ0) is 25.6. The number of carbonyl (C=O) groups excluding carboxylic acids is 1. The van der Waals surface area contributed by atoms with Gasteiger partial charge in [0.2, 0.25) is 5.95 Å². The maximum Gasteiger partial charge on any atom is 0.251 e. The average Bonchev–Trinajstić information content (AvgIpc) is 3.69. The molecule has 0 aliphatic carbocycles. The van der Waals surface area contributed by atoms with E-state index >= 15 is 0 Å². The summed E-state index contributed by atoms with van der Waals surface area (Å²) in [6.45, 7) is 0.694. The molecule has 6 rings (SSSR count). The topological polar surface area (TPSA) is 109 Å². The molecule has 0 saturated carbocycles. The summed E-state index contributed by atoms with van der Waals surface area (Å²) in [5.74, 6) is 2.82. The Bertz CT molecular complexity index is 1310. The first-order valence-corrected chi connectivity index (χ1v) is 14.3. The number of nitrogens with one attached hydrogen (secondary N) is 1. The van der Waals surface area contributed by atoms with Gasteiger partial charge in [0.1, 0.15) is 16.8 Å². The minimum atomic E-state index is -0.722. The number of nitrogens with zero attached hydrogens (tertiary/aromatic N) is 6. The van der Waals surface area contributed by atoms with Crippen molar-refractivity contribution in [3.63, 3.8) is 0 Å². The van der Waals surface area contributed by atoms with Gasteiger partial charge in [0, 0.05) is 36.9 Å². The summed E-state index contributed by atoms with van der Waals surface area (Å²) in [6, 6.07) is 12.6. The lowest BCUT2D eigenvalue weighted by molar-refractivity contribution is -0.133. The third-order valence-corrected chi connectivity index (χ3v) is 8.18. The van der Waals surface area contributed by atoms with E-state index in [1.165, 1.54) is 29.2 Å². The predicted molar refractivity (Wildman–Crippen MR) is 148 cm³/mol. The molecule has 1 atom stereocenters. The van der Waals surface area contributed by atoms with Crippen LogP contribution in [0, 0.1) is 0 Å². The number of benzene rings is 1. The van der Waals surface area contributed by atoms with Crippen molar-refractivity contribution in [2.45, 2.75) is 31.4 Å². The van der Waals surface area contributed by atoms with Crippen LogP contribution >= 0.6 is 23.1 Å². The Morgan fingerprint density at radius 3 is 2.57 bits per heavy atom. The van der Waals surface area contributed by atoms with Crippen LogP contribution in [0.2, 0.25) is 0 Å². The highest BCUT2D eigenvalue weighted by molar-refractivity contribution is 7.99. The lowest BCUT2D eigenvalue weighted by atomic mass is 10.2. The molecule has 2 fully saturated rings. The second-order valence-electron chi connectivity index (χ2n) is 8.91. The van der Waals surface area contributed by atoms with Gasteiger partial charge in [0.15, 0.2) is 0 Å². The molecule has 5 heterocycles. The number of amides is 1. The Morgan fingerprint density at radius 1 is 1.05 bits per heavy atom. The van der Waals surface area contributed by atoms with Crippen LogP contribution in [0.25, 0.3) is 22.0 Å². The Labute approximate surface area is 224 Å². The largest absolute Gasteiger partial charge is 0.383 e. The zero-order valence-electron chi connectivity index (χ0n) is 20.5. The van der Waals surface area contributed by atoms with Gasteiger partial charge < -0.3 is 15.3 Å².